The molecule has 1 saturated heterocycles. The molecule has 31 heavy (non-hydrogen) atoms. The van der Waals surface area contributed by atoms with Crippen molar-refractivity contribution in [2.75, 3.05) is 31.1 Å². The predicted molar refractivity (Wildman–Crippen MR) is 115 cm³/mol. The first-order chi connectivity index (χ1) is 15.0. The molecule has 0 spiro atoms. The molecular formula is C23H25FN6O. The Hall–Kier alpha value is -3.29. The molecule has 0 N–H and O–H groups in total. The Morgan fingerprint density at radius 3 is 2.13 bits per heavy atom. The van der Waals surface area contributed by atoms with Gasteiger partial charge in [0.25, 0.3) is 0 Å². The number of piperazine rings is 1. The maximum Gasteiger partial charge on any atom is 0.233 e. The first-order valence-corrected chi connectivity index (χ1v) is 10.6. The SMILES string of the molecule is Cc1cc(C)n(-c2ccc(N3CCN(C(=O)C4(c5ccc(F)cc5)CC4)CC3)nn2)n1. The van der Waals surface area contributed by atoms with Crippen LogP contribution in [0.1, 0.15) is 29.8 Å². The van der Waals surface area contributed by atoms with E-state index in [4.69, 9.17) is 0 Å². The summed E-state index contributed by atoms with van der Waals surface area (Å²) >= 11 is 0. The van der Waals surface area contributed by atoms with Gasteiger partial charge in [0.2, 0.25) is 5.91 Å². The van der Waals surface area contributed by atoms with Gasteiger partial charge in [0.05, 0.1) is 11.1 Å². The molecule has 2 aliphatic rings. The van der Waals surface area contributed by atoms with E-state index in [-0.39, 0.29) is 11.7 Å². The molecule has 7 nitrogen and oxygen atoms in total. The lowest BCUT2D eigenvalue weighted by Gasteiger charge is -2.37. The molecule has 1 aromatic carbocycles. The van der Waals surface area contributed by atoms with E-state index in [2.05, 4.69) is 20.2 Å². The number of hydrogen-bond donors (Lipinski definition) is 0. The zero-order valence-electron chi connectivity index (χ0n) is 17.8. The van der Waals surface area contributed by atoms with E-state index in [1.54, 1.807) is 16.8 Å². The summed E-state index contributed by atoms with van der Waals surface area (Å²) < 4.78 is 15.1. The second-order valence-corrected chi connectivity index (χ2v) is 8.46. The average molecular weight is 420 g/mol. The number of halogens is 1. The lowest BCUT2D eigenvalue weighted by Crippen LogP contribution is -2.51. The van der Waals surface area contributed by atoms with E-state index in [0.717, 1.165) is 35.6 Å². The van der Waals surface area contributed by atoms with Crippen LogP contribution in [-0.2, 0) is 10.2 Å². The van der Waals surface area contributed by atoms with E-state index in [1.807, 2.05) is 36.9 Å². The van der Waals surface area contributed by atoms with Gasteiger partial charge in [-0.1, -0.05) is 12.1 Å². The monoisotopic (exact) mass is 420 g/mol. The van der Waals surface area contributed by atoms with Crippen LogP contribution in [0, 0.1) is 19.7 Å². The van der Waals surface area contributed by atoms with Crippen LogP contribution in [-0.4, -0.2) is 57.0 Å². The van der Waals surface area contributed by atoms with Crippen LogP contribution in [0.4, 0.5) is 10.2 Å². The summed E-state index contributed by atoms with van der Waals surface area (Å²) in [4.78, 5) is 17.3. The Balaban J connectivity index is 1.24. The highest BCUT2D eigenvalue weighted by Gasteiger charge is 2.53. The summed E-state index contributed by atoms with van der Waals surface area (Å²) in [6.45, 7) is 6.64. The van der Waals surface area contributed by atoms with Crippen molar-refractivity contribution in [1.82, 2.24) is 24.9 Å². The van der Waals surface area contributed by atoms with Gasteiger partial charge in [-0.25, -0.2) is 9.07 Å². The molecule has 3 heterocycles. The maximum absolute atomic E-state index is 13.3. The number of rotatable bonds is 4. The molecule has 0 unspecified atom stereocenters. The lowest BCUT2D eigenvalue weighted by atomic mass is 9.94. The topological polar surface area (TPSA) is 67.2 Å². The van der Waals surface area contributed by atoms with Crippen LogP contribution in [0.3, 0.4) is 0 Å². The Kier molecular flexibility index (Phi) is 4.72. The molecule has 1 aliphatic carbocycles. The fourth-order valence-corrected chi connectivity index (χ4v) is 4.42. The van der Waals surface area contributed by atoms with Crippen molar-refractivity contribution in [3.8, 4) is 5.82 Å². The first-order valence-electron chi connectivity index (χ1n) is 10.6. The minimum Gasteiger partial charge on any atom is -0.352 e. The molecule has 0 bridgehead atoms. The highest BCUT2D eigenvalue weighted by Crippen LogP contribution is 2.49. The average Bonchev–Trinajstić information content (AvgIpc) is 3.53. The van der Waals surface area contributed by atoms with Crippen molar-refractivity contribution >= 4 is 11.7 Å². The van der Waals surface area contributed by atoms with Crippen molar-refractivity contribution in [2.24, 2.45) is 0 Å². The highest BCUT2D eigenvalue weighted by atomic mass is 19.1. The Bertz CT molecular complexity index is 1100. The molecule has 3 aromatic rings. The summed E-state index contributed by atoms with van der Waals surface area (Å²) in [5.74, 6) is 1.38. The van der Waals surface area contributed by atoms with Crippen molar-refractivity contribution in [1.29, 1.82) is 0 Å². The van der Waals surface area contributed by atoms with Gasteiger partial charge < -0.3 is 9.80 Å². The number of hydrogen-bond acceptors (Lipinski definition) is 5. The molecule has 1 aliphatic heterocycles. The molecule has 8 heteroatoms. The Labute approximate surface area is 180 Å². The van der Waals surface area contributed by atoms with E-state index in [0.29, 0.717) is 32.0 Å². The molecule has 1 amide bonds. The van der Waals surface area contributed by atoms with E-state index in [1.165, 1.54) is 12.1 Å². The molecule has 160 valence electrons. The van der Waals surface area contributed by atoms with Crippen molar-refractivity contribution in [3.63, 3.8) is 0 Å². The van der Waals surface area contributed by atoms with Crippen LogP contribution in [0.25, 0.3) is 5.82 Å². The molecular weight excluding hydrogens is 395 g/mol. The first kappa shape index (κ1) is 19.7. The van der Waals surface area contributed by atoms with Crippen LogP contribution in [0.2, 0.25) is 0 Å². The minimum absolute atomic E-state index is 0.157. The van der Waals surface area contributed by atoms with Gasteiger partial charge in [0, 0.05) is 31.9 Å². The maximum atomic E-state index is 13.3. The summed E-state index contributed by atoms with van der Waals surface area (Å²) in [5.41, 5.74) is 2.42. The summed E-state index contributed by atoms with van der Waals surface area (Å²) in [6.07, 6.45) is 1.66. The molecule has 0 radical (unpaired) electrons. The normalized spacial score (nSPS) is 17.6. The van der Waals surface area contributed by atoms with E-state index < -0.39 is 5.41 Å². The Morgan fingerprint density at radius 2 is 1.58 bits per heavy atom. The van der Waals surface area contributed by atoms with Gasteiger partial charge in [-0.3, -0.25) is 4.79 Å². The predicted octanol–water partition coefficient (Wildman–Crippen LogP) is 2.80. The number of benzene rings is 1. The summed E-state index contributed by atoms with van der Waals surface area (Å²) in [6, 6.07) is 12.3. The highest BCUT2D eigenvalue weighted by molar-refractivity contribution is 5.91. The Morgan fingerprint density at radius 1 is 0.935 bits per heavy atom. The zero-order valence-corrected chi connectivity index (χ0v) is 17.8. The molecule has 5 rings (SSSR count). The number of aryl methyl sites for hydroxylation is 2. The number of carbonyl (C=O) groups is 1. The van der Waals surface area contributed by atoms with Gasteiger partial charge >= 0.3 is 0 Å². The number of carbonyl (C=O) groups excluding carboxylic acids is 1. The van der Waals surface area contributed by atoms with Gasteiger partial charge in [-0.05, 0) is 62.6 Å². The smallest absolute Gasteiger partial charge is 0.233 e. The van der Waals surface area contributed by atoms with Gasteiger partial charge in [0.1, 0.15) is 5.82 Å². The van der Waals surface area contributed by atoms with Crippen LogP contribution >= 0.6 is 0 Å². The largest absolute Gasteiger partial charge is 0.352 e. The van der Waals surface area contributed by atoms with Crippen molar-refractivity contribution < 1.29 is 9.18 Å². The van der Waals surface area contributed by atoms with Crippen LogP contribution < -0.4 is 4.90 Å². The van der Waals surface area contributed by atoms with Crippen molar-refractivity contribution in [2.45, 2.75) is 32.1 Å². The molecule has 0 atom stereocenters. The van der Waals surface area contributed by atoms with E-state index >= 15 is 0 Å². The third kappa shape index (κ3) is 3.56. The lowest BCUT2D eigenvalue weighted by molar-refractivity contribution is -0.134. The number of amides is 1. The third-order valence-electron chi connectivity index (χ3n) is 6.31. The summed E-state index contributed by atoms with van der Waals surface area (Å²) in [5, 5.41) is 13.2. The number of nitrogens with zero attached hydrogens (tertiary/aromatic N) is 6. The molecule has 2 fully saturated rings. The van der Waals surface area contributed by atoms with Gasteiger partial charge in [-0.15, -0.1) is 10.2 Å². The standard InChI is InChI=1S/C23H25FN6O/c1-16-15-17(2)30(27-16)21-8-7-20(25-26-21)28-11-13-29(14-12-28)22(31)23(9-10-23)18-3-5-19(24)6-4-18/h3-8,15H,9-14H2,1-2H3. The second-order valence-electron chi connectivity index (χ2n) is 8.46. The van der Waals surface area contributed by atoms with Gasteiger partial charge in [-0.2, -0.15) is 5.10 Å². The number of anilines is 1. The number of aromatic nitrogens is 4. The fraction of sp³-hybridized carbons (Fsp3) is 0.391. The molecule has 1 saturated carbocycles. The second kappa shape index (κ2) is 7.44. The molecule has 2 aromatic heterocycles. The zero-order chi connectivity index (χ0) is 21.6. The fourth-order valence-electron chi connectivity index (χ4n) is 4.42. The summed E-state index contributed by atoms with van der Waals surface area (Å²) in [7, 11) is 0. The third-order valence-corrected chi connectivity index (χ3v) is 6.31. The minimum atomic E-state index is -0.461. The van der Waals surface area contributed by atoms with Crippen LogP contribution in [0.5, 0.6) is 0 Å². The van der Waals surface area contributed by atoms with Gasteiger partial charge in [0.15, 0.2) is 11.6 Å². The van der Waals surface area contributed by atoms with Crippen molar-refractivity contribution in [3.05, 3.63) is 65.2 Å². The quantitative estimate of drug-likeness (QED) is 0.649. The van der Waals surface area contributed by atoms with Crippen LogP contribution in [0.15, 0.2) is 42.5 Å². The van der Waals surface area contributed by atoms with E-state index in [9.17, 15) is 9.18 Å².